The van der Waals surface area contributed by atoms with E-state index in [-0.39, 0.29) is 17.5 Å². The summed E-state index contributed by atoms with van der Waals surface area (Å²) in [6.45, 7) is 1.65. The van der Waals surface area contributed by atoms with E-state index >= 15 is 0 Å². The lowest BCUT2D eigenvalue weighted by Gasteiger charge is -2.14. The molecule has 2 nitrogen and oxygen atoms in total. The van der Waals surface area contributed by atoms with Crippen molar-refractivity contribution in [1.29, 1.82) is 0 Å². The normalized spacial score (nSPS) is 35.2. The molecule has 1 aliphatic heterocycles. The Bertz CT molecular complexity index is 440. The van der Waals surface area contributed by atoms with Crippen molar-refractivity contribution in [3.8, 4) is 0 Å². The van der Waals surface area contributed by atoms with E-state index in [9.17, 15) is 4.79 Å². The highest BCUT2D eigenvalue weighted by molar-refractivity contribution is 5.84. The molecule has 1 aromatic rings. The van der Waals surface area contributed by atoms with Gasteiger partial charge >= 0.3 is 0 Å². The molecule has 0 radical (unpaired) electrons. The third kappa shape index (κ3) is 2.10. The minimum Gasteiger partial charge on any atom is -0.358 e. The van der Waals surface area contributed by atoms with Crippen LogP contribution in [0.15, 0.2) is 30.3 Å². The van der Waals surface area contributed by atoms with Crippen LogP contribution in [0.2, 0.25) is 0 Å². The van der Waals surface area contributed by atoms with E-state index in [1.807, 2.05) is 0 Å². The van der Waals surface area contributed by atoms with Crippen LogP contribution >= 0.6 is 0 Å². The molecule has 0 aromatic heterocycles. The first-order valence-electron chi connectivity index (χ1n) is 6.94. The summed E-state index contributed by atoms with van der Waals surface area (Å²) in [6.07, 6.45) is 5.53. The maximum absolute atomic E-state index is 11.4. The average Bonchev–Trinajstić information content (AvgIpc) is 3.14. The number of epoxide rings is 1. The molecule has 2 fully saturated rings. The fourth-order valence-electron chi connectivity index (χ4n) is 3.43. The highest BCUT2D eigenvalue weighted by Gasteiger charge is 2.58. The van der Waals surface area contributed by atoms with Crippen molar-refractivity contribution in [1.82, 2.24) is 0 Å². The molecule has 1 spiro atoms. The van der Waals surface area contributed by atoms with Crippen LogP contribution in [-0.4, -0.2) is 17.5 Å². The third-order valence-corrected chi connectivity index (χ3v) is 4.48. The number of hydrogen-bond donors (Lipinski definition) is 0. The first-order valence-corrected chi connectivity index (χ1v) is 6.94. The molecule has 0 bridgehead atoms. The van der Waals surface area contributed by atoms with Gasteiger partial charge in [0.15, 0.2) is 5.78 Å². The predicted octanol–water partition coefficient (Wildman–Crippen LogP) is 3.46. The predicted molar refractivity (Wildman–Crippen MR) is 70.6 cm³/mol. The van der Waals surface area contributed by atoms with Gasteiger partial charge in [-0.25, -0.2) is 0 Å². The van der Waals surface area contributed by atoms with Crippen molar-refractivity contribution in [3.05, 3.63) is 35.9 Å². The van der Waals surface area contributed by atoms with Crippen LogP contribution in [0.1, 0.15) is 50.5 Å². The van der Waals surface area contributed by atoms with Crippen molar-refractivity contribution < 1.29 is 9.53 Å². The number of hydrogen-bond acceptors (Lipinski definition) is 2. The van der Waals surface area contributed by atoms with Crippen LogP contribution in [-0.2, 0) is 9.53 Å². The Morgan fingerprint density at radius 1 is 1.22 bits per heavy atom. The molecule has 3 atom stereocenters. The summed E-state index contributed by atoms with van der Waals surface area (Å²) in [5.41, 5.74) is 1.35. The highest BCUT2D eigenvalue weighted by Crippen LogP contribution is 2.49. The number of ether oxygens (including phenoxy) is 1. The van der Waals surface area contributed by atoms with Crippen LogP contribution in [0, 0.1) is 0 Å². The molecule has 0 N–H and O–H groups in total. The number of benzene rings is 1. The summed E-state index contributed by atoms with van der Waals surface area (Å²) in [5, 5.41) is 0. The maximum Gasteiger partial charge on any atom is 0.161 e. The molecule has 3 rings (SSSR count). The molecule has 1 saturated heterocycles. The van der Waals surface area contributed by atoms with Gasteiger partial charge in [-0.1, -0.05) is 30.3 Å². The van der Waals surface area contributed by atoms with E-state index in [0.717, 1.165) is 19.3 Å². The molecule has 18 heavy (non-hydrogen) atoms. The van der Waals surface area contributed by atoms with E-state index in [1.165, 1.54) is 18.4 Å². The Labute approximate surface area is 108 Å². The van der Waals surface area contributed by atoms with E-state index < -0.39 is 0 Å². The van der Waals surface area contributed by atoms with Gasteiger partial charge in [0.05, 0.1) is 0 Å². The smallest absolute Gasteiger partial charge is 0.161 e. The monoisotopic (exact) mass is 244 g/mol. The van der Waals surface area contributed by atoms with Gasteiger partial charge in [0.1, 0.15) is 11.7 Å². The molecular formula is C16H20O2. The van der Waals surface area contributed by atoms with Gasteiger partial charge in [-0.15, -0.1) is 0 Å². The Hall–Kier alpha value is -1.15. The van der Waals surface area contributed by atoms with Crippen LogP contribution < -0.4 is 0 Å². The number of rotatable bonds is 2. The van der Waals surface area contributed by atoms with Crippen molar-refractivity contribution >= 4 is 5.78 Å². The molecule has 1 aromatic carbocycles. The Morgan fingerprint density at radius 3 is 2.67 bits per heavy atom. The van der Waals surface area contributed by atoms with Gasteiger partial charge in [-0.3, -0.25) is 4.79 Å². The van der Waals surface area contributed by atoms with E-state index in [0.29, 0.717) is 5.92 Å². The zero-order chi connectivity index (χ0) is 12.6. The lowest BCUT2D eigenvalue weighted by molar-refractivity contribution is -0.118. The summed E-state index contributed by atoms with van der Waals surface area (Å²) in [4.78, 5) is 11.4. The van der Waals surface area contributed by atoms with Gasteiger partial charge in [-0.2, -0.15) is 0 Å². The van der Waals surface area contributed by atoms with Gasteiger partial charge < -0.3 is 4.74 Å². The zero-order valence-electron chi connectivity index (χ0n) is 10.9. The van der Waals surface area contributed by atoms with Crippen molar-refractivity contribution in [2.45, 2.75) is 56.7 Å². The quantitative estimate of drug-likeness (QED) is 0.746. The van der Waals surface area contributed by atoms with Gasteiger partial charge in [-0.05, 0) is 50.5 Å². The van der Waals surface area contributed by atoms with E-state index in [1.54, 1.807) is 6.92 Å². The fourth-order valence-corrected chi connectivity index (χ4v) is 3.43. The molecule has 2 aliphatic rings. The lowest BCUT2D eigenvalue weighted by atomic mass is 9.90. The first kappa shape index (κ1) is 11.9. The van der Waals surface area contributed by atoms with Crippen LogP contribution in [0.4, 0.5) is 0 Å². The van der Waals surface area contributed by atoms with Crippen LogP contribution in [0.5, 0.6) is 0 Å². The first-order chi connectivity index (χ1) is 8.71. The largest absolute Gasteiger partial charge is 0.358 e. The molecule has 1 aliphatic carbocycles. The summed E-state index contributed by atoms with van der Waals surface area (Å²) in [6, 6.07) is 10.7. The second-order valence-corrected chi connectivity index (χ2v) is 5.71. The molecule has 96 valence electrons. The van der Waals surface area contributed by atoms with Crippen LogP contribution in [0.25, 0.3) is 0 Å². The van der Waals surface area contributed by atoms with Crippen molar-refractivity contribution in [2.24, 2.45) is 0 Å². The van der Waals surface area contributed by atoms with Gasteiger partial charge in [0.2, 0.25) is 0 Å². The highest BCUT2D eigenvalue weighted by atomic mass is 16.6. The minimum atomic E-state index is -0.105. The van der Waals surface area contributed by atoms with E-state index in [4.69, 9.17) is 4.74 Å². The molecule has 2 heteroatoms. The summed E-state index contributed by atoms with van der Waals surface area (Å²) in [7, 11) is 0. The lowest BCUT2D eigenvalue weighted by Crippen LogP contribution is -2.18. The number of carbonyl (C=O) groups is 1. The van der Waals surface area contributed by atoms with Crippen molar-refractivity contribution in [2.75, 3.05) is 0 Å². The van der Waals surface area contributed by atoms with Crippen molar-refractivity contribution in [3.63, 3.8) is 0 Å². The average molecular weight is 244 g/mol. The maximum atomic E-state index is 11.4. The molecule has 0 unspecified atom stereocenters. The zero-order valence-corrected chi connectivity index (χ0v) is 10.9. The van der Waals surface area contributed by atoms with Crippen LogP contribution in [0.3, 0.4) is 0 Å². The molecule has 1 heterocycles. The summed E-state index contributed by atoms with van der Waals surface area (Å²) >= 11 is 0. The Morgan fingerprint density at radius 2 is 2.00 bits per heavy atom. The molecule has 1 saturated carbocycles. The Kier molecular flexibility index (Phi) is 2.98. The third-order valence-electron chi connectivity index (χ3n) is 4.48. The van der Waals surface area contributed by atoms with Gasteiger partial charge in [0.25, 0.3) is 0 Å². The van der Waals surface area contributed by atoms with E-state index in [2.05, 4.69) is 30.3 Å². The minimum absolute atomic E-state index is 0.0879. The number of Topliss-reactive ketones (excluding diaryl/α,β-unsaturated/α-hetero) is 1. The fraction of sp³-hybridized carbons (Fsp3) is 0.562. The number of ketones is 1. The second-order valence-electron chi connectivity index (χ2n) is 5.71. The standard InChI is InChI=1S/C16H20O2/c1-12(17)15-16(18-15)10-5-8-14(9-11-16)13-6-3-2-4-7-13/h2-4,6-7,14-15H,5,8-11H2,1H3/t14-,15-,16-/m0/s1. The summed E-state index contributed by atoms with van der Waals surface area (Å²) < 4.78 is 5.72. The molecule has 0 amide bonds. The topological polar surface area (TPSA) is 29.6 Å². The SMILES string of the molecule is CC(=O)[C@@H]1O[C@]12CCC[C@H](c1ccccc1)CC2. The number of carbonyl (C=O) groups excluding carboxylic acids is 1. The van der Waals surface area contributed by atoms with Gasteiger partial charge in [0, 0.05) is 0 Å². The second kappa shape index (κ2) is 4.51. The molecular weight excluding hydrogens is 224 g/mol. The Balaban J connectivity index is 1.68. The summed E-state index contributed by atoms with van der Waals surface area (Å²) in [5.74, 6) is 0.843.